The van der Waals surface area contributed by atoms with Gasteiger partial charge in [0.25, 0.3) is 0 Å². The van der Waals surface area contributed by atoms with Crippen LogP contribution in [0.4, 0.5) is 0 Å². The van der Waals surface area contributed by atoms with Crippen molar-refractivity contribution in [3.63, 3.8) is 0 Å². The highest BCUT2D eigenvalue weighted by Gasteiger charge is 2.21. The Kier molecular flexibility index (Phi) is 3.93. The number of aliphatic hydroxyl groups is 1. The van der Waals surface area contributed by atoms with Crippen LogP contribution in [0.2, 0.25) is 0 Å². The number of nitrogens with zero attached hydrogens (tertiary/aromatic N) is 1. The molecule has 0 bridgehead atoms. The van der Waals surface area contributed by atoms with E-state index in [2.05, 4.69) is 23.1 Å². The lowest BCUT2D eigenvalue weighted by molar-refractivity contribution is 0.220. The van der Waals surface area contributed by atoms with Gasteiger partial charge in [-0.3, -0.25) is 4.90 Å². The second-order valence-electron chi connectivity index (χ2n) is 4.55. The molecule has 0 aliphatic carbocycles. The van der Waals surface area contributed by atoms with E-state index >= 15 is 0 Å². The fourth-order valence-corrected chi connectivity index (χ4v) is 2.36. The van der Waals surface area contributed by atoms with Crippen LogP contribution in [0, 0.1) is 5.92 Å². The summed E-state index contributed by atoms with van der Waals surface area (Å²) in [5.41, 5.74) is 8.27. The van der Waals surface area contributed by atoms with Crippen molar-refractivity contribution in [2.45, 2.75) is 19.5 Å². The monoisotopic (exact) mass is 220 g/mol. The Morgan fingerprint density at radius 1 is 1.31 bits per heavy atom. The molecule has 2 rings (SSSR count). The highest BCUT2D eigenvalue weighted by atomic mass is 16.3. The van der Waals surface area contributed by atoms with Gasteiger partial charge in [0.15, 0.2) is 0 Å². The second kappa shape index (κ2) is 5.43. The number of likely N-dealkylation sites (tertiary alicyclic amines) is 1. The maximum absolute atomic E-state index is 9.10. The van der Waals surface area contributed by atoms with Crippen molar-refractivity contribution in [1.29, 1.82) is 0 Å². The first-order valence-electron chi connectivity index (χ1n) is 5.93. The van der Waals surface area contributed by atoms with Crippen molar-refractivity contribution < 1.29 is 5.11 Å². The summed E-state index contributed by atoms with van der Waals surface area (Å²) in [6, 6.07) is 8.34. The van der Waals surface area contributed by atoms with Crippen LogP contribution in [-0.4, -0.2) is 29.7 Å². The molecule has 1 aliphatic rings. The van der Waals surface area contributed by atoms with E-state index in [0.717, 1.165) is 26.1 Å². The Bertz CT molecular complexity index is 340. The third-order valence-electron chi connectivity index (χ3n) is 3.36. The average Bonchev–Trinajstić information content (AvgIpc) is 2.77. The molecular weight excluding hydrogens is 200 g/mol. The van der Waals surface area contributed by atoms with E-state index in [1.807, 2.05) is 6.07 Å². The lowest BCUT2D eigenvalue weighted by Crippen LogP contribution is -2.22. The molecule has 0 radical (unpaired) electrons. The number of aliphatic hydroxyl groups excluding tert-OH is 1. The number of hydrogen-bond acceptors (Lipinski definition) is 3. The summed E-state index contributed by atoms with van der Waals surface area (Å²) in [7, 11) is 0. The van der Waals surface area contributed by atoms with E-state index in [1.54, 1.807) is 0 Å². The quantitative estimate of drug-likeness (QED) is 0.794. The molecule has 88 valence electrons. The second-order valence-corrected chi connectivity index (χ2v) is 4.55. The Hall–Kier alpha value is -0.900. The van der Waals surface area contributed by atoms with Crippen LogP contribution >= 0.6 is 0 Å². The molecule has 1 unspecified atom stereocenters. The molecule has 3 heteroatoms. The summed E-state index contributed by atoms with van der Waals surface area (Å²) in [6.07, 6.45) is 1.11. The standard InChI is InChI=1S/C13H20N2O/c14-7-12-3-1-2-4-13(12)9-15-6-5-11(8-15)10-16/h1-4,11,16H,5-10,14H2. The Morgan fingerprint density at radius 2 is 2.06 bits per heavy atom. The molecule has 0 saturated carbocycles. The minimum absolute atomic E-state index is 0.315. The number of hydrogen-bond donors (Lipinski definition) is 2. The van der Waals surface area contributed by atoms with Crippen LogP contribution in [0.5, 0.6) is 0 Å². The first kappa shape index (κ1) is 11.6. The van der Waals surface area contributed by atoms with Gasteiger partial charge in [0, 0.05) is 26.2 Å². The molecular formula is C13H20N2O. The van der Waals surface area contributed by atoms with Gasteiger partial charge >= 0.3 is 0 Å². The lowest BCUT2D eigenvalue weighted by atomic mass is 10.1. The van der Waals surface area contributed by atoms with E-state index in [1.165, 1.54) is 11.1 Å². The van der Waals surface area contributed by atoms with Crippen LogP contribution < -0.4 is 5.73 Å². The highest BCUT2D eigenvalue weighted by Crippen LogP contribution is 2.19. The largest absolute Gasteiger partial charge is 0.396 e. The molecule has 1 atom stereocenters. The number of rotatable bonds is 4. The van der Waals surface area contributed by atoms with Crippen molar-refractivity contribution in [3.8, 4) is 0 Å². The van der Waals surface area contributed by atoms with Crippen molar-refractivity contribution in [3.05, 3.63) is 35.4 Å². The highest BCUT2D eigenvalue weighted by molar-refractivity contribution is 5.26. The summed E-state index contributed by atoms with van der Waals surface area (Å²) >= 11 is 0. The molecule has 1 saturated heterocycles. The van der Waals surface area contributed by atoms with E-state index in [0.29, 0.717) is 19.1 Å². The van der Waals surface area contributed by atoms with E-state index in [4.69, 9.17) is 10.8 Å². The molecule has 0 aromatic heterocycles. The van der Waals surface area contributed by atoms with Gasteiger partial charge < -0.3 is 10.8 Å². The van der Waals surface area contributed by atoms with Gasteiger partial charge in [-0.15, -0.1) is 0 Å². The Labute approximate surface area is 96.9 Å². The van der Waals surface area contributed by atoms with Gasteiger partial charge in [0.2, 0.25) is 0 Å². The fourth-order valence-electron chi connectivity index (χ4n) is 2.36. The zero-order valence-corrected chi connectivity index (χ0v) is 9.60. The maximum Gasteiger partial charge on any atom is 0.0471 e. The summed E-state index contributed by atoms with van der Waals surface area (Å²) < 4.78 is 0. The normalized spacial score (nSPS) is 21.5. The molecule has 3 nitrogen and oxygen atoms in total. The van der Waals surface area contributed by atoms with Gasteiger partial charge in [-0.05, 0) is 30.0 Å². The smallest absolute Gasteiger partial charge is 0.0471 e. The number of benzene rings is 1. The Balaban J connectivity index is 1.99. The Morgan fingerprint density at radius 3 is 2.69 bits per heavy atom. The van der Waals surface area contributed by atoms with Crippen molar-refractivity contribution in [1.82, 2.24) is 4.90 Å². The molecule has 1 aromatic rings. The van der Waals surface area contributed by atoms with Gasteiger partial charge in [-0.2, -0.15) is 0 Å². The number of nitrogens with two attached hydrogens (primary N) is 1. The van der Waals surface area contributed by atoms with Crippen molar-refractivity contribution in [2.24, 2.45) is 11.7 Å². The van der Waals surface area contributed by atoms with Gasteiger partial charge in [-0.1, -0.05) is 24.3 Å². The van der Waals surface area contributed by atoms with Gasteiger partial charge in [0.1, 0.15) is 0 Å². The SMILES string of the molecule is NCc1ccccc1CN1CCC(CO)C1. The summed E-state index contributed by atoms with van der Waals surface area (Å²) in [5, 5.41) is 9.10. The maximum atomic E-state index is 9.10. The summed E-state index contributed by atoms with van der Waals surface area (Å²) in [6.45, 7) is 3.98. The van der Waals surface area contributed by atoms with Crippen LogP contribution in [0.3, 0.4) is 0 Å². The molecule has 0 spiro atoms. The molecule has 1 aliphatic heterocycles. The van der Waals surface area contributed by atoms with E-state index < -0.39 is 0 Å². The molecule has 16 heavy (non-hydrogen) atoms. The van der Waals surface area contributed by atoms with Crippen molar-refractivity contribution in [2.75, 3.05) is 19.7 Å². The van der Waals surface area contributed by atoms with Crippen molar-refractivity contribution >= 4 is 0 Å². The van der Waals surface area contributed by atoms with Crippen LogP contribution in [0.1, 0.15) is 17.5 Å². The average molecular weight is 220 g/mol. The summed E-state index contributed by atoms with van der Waals surface area (Å²) in [4.78, 5) is 2.40. The summed E-state index contributed by atoms with van der Waals surface area (Å²) in [5.74, 6) is 0.463. The van der Waals surface area contributed by atoms with Crippen LogP contribution in [0.15, 0.2) is 24.3 Å². The molecule has 3 N–H and O–H groups in total. The van der Waals surface area contributed by atoms with E-state index in [-0.39, 0.29) is 0 Å². The zero-order valence-electron chi connectivity index (χ0n) is 9.60. The predicted molar refractivity (Wildman–Crippen MR) is 64.8 cm³/mol. The first-order valence-corrected chi connectivity index (χ1v) is 5.93. The van der Waals surface area contributed by atoms with Gasteiger partial charge in [-0.25, -0.2) is 0 Å². The third-order valence-corrected chi connectivity index (χ3v) is 3.36. The fraction of sp³-hybridized carbons (Fsp3) is 0.538. The molecule has 1 heterocycles. The molecule has 0 amide bonds. The first-order chi connectivity index (χ1) is 7.83. The molecule has 1 fully saturated rings. The minimum Gasteiger partial charge on any atom is -0.396 e. The topological polar surface area (TPSA) is 49.5 Å². The van der Waals surface area contributed by atoms with E-state index in [9.17, 15) is 0 Å². The third kappa shape index (κ3) is 2.61. The molecule has 1 aromatic carbocycles. The zero-order chi connectivity index (χ0) is 11.4. The van der Waals surface area contributed by atoms with Gasteiger partial charge in [0.05, 0.1) is 0 Å². The minimum atomic E-state index is 0.315. The van der Waals surface area contributed by atoms with Crippen LogP contribution in [0.25, 0.3) is 0 Å². The van der Waals surface area contributed by atoms with Crippen LogP contribution in [-0.2, 0) is 13.1 Å². The predicted octanol–water partition coefficient (Wildman–Crippen LogP) is 0.960. The lowest BCUT2D eigenvalue weighted by Gasteiger charge is -2.17.